The molecule has 2 rings (SSSR count). The van der Waals surface area contributed by atoms with Gasteiger partial charge in [-0.1, -0.05) is 49.9 Å². The number of nitrogens with zero attached hydrogens (tertiary/aromatic N) is 2. The van der Waals surface area contributed by atoms with Crippen LogP contribution in [0.4, 0.5) is 10.6 Å². The molecule has 2 unspecified atom stereocenters. The molecule has 6 nitrogen and oxygen atoms in total. The van der Waals surface area contributed by atoms with E-state index in [2.05, 4.69) is 21.9 Å². The lowest BCUT2D eigenvalue weighted by Crippen LogP contribution is -2.19. The molecule has 158 valence electrons. The third-order valence-corrected chi connectivity index (χ3v) is 4.73. The summed E-state index contributed by atoms with van der Waals surface area (Å²) in [5.74, 6) is 0.469. The molecule has 0 saturated carbocycles. The van der Waals surface area contributed by atoms with Crippen LogP contribution in [0.1, 0.15) is 33.1 Å². The second-order valence-corrected chi connectivity index (χ2v) is 7.22. The van der Waals surface area contributed by atoms with Gasteiger partial charge in [0, 0.05) is 29.4 Å². The topological polar surface area (TPSA) is 80.6 Å². The van der Waals surface area contributed by atoms with Crippen LogP contribution >= 0.6 is 0 Å². The van der Waals surface area contributed by atoms with E-state index >= 15 is 0 Å². The minimum absolute atomic E-state index is 0.115. The zero-order valence-electron chi connectivity index (χ0n) is 17.6. The quantitative estimate of drug-likeness (QED) is 0.390. The summed E-state index contributed by atoms with van der Waals surface area (Å²) in [4.78, 5) is 32.0. The molecule has 1 N–H and O–H groups in total. The highest BCUT2D eigenvalue weighted by Crippen LogP contribution is 2.20. The SMILES string of the molecule is C=CC=N/C(=C\C)CC(C=O)CCC(C)COC(=O)Nc1cc2ccccc2cn1. The van der Waals surface area contributed by atoms with Crippen LogP contribution in [0.25, 0.3) is 10.8 Å². The van der Waals surface area contributed by atoms with Gasteiger partial charge in [0.1, 0.15) is 12.1 Å². The van der Waals surface area contributed by atoms with Gasteiger partial charge < -0.3 is 9.53 Å². The van der Waals surface area contributed by atoms with Gasteiger partial charge in [0.15, 0.2) is 0 Å². The fraction of sp³-hybridized carbons (Fsp3) is 0.333. The first-order valence-corrected chi connectivity index (χ1v) is 10.1. The summed E-state index contributed by atoms with van der Waals surface area (Å²) in [6, 6.07) is 9.60. The zero-order chi connectivity index (χ0) is 21.8. The average molecular weight is 408 g/mol. The van der Waals surface area contributed by atoms with E-state index in [0.29, 0.717) is 18.7 Å². The number of hydrogen-bond donors (Lipinski definition) is 1. The summed E-state index contributed by atoms with van der Waals surface area (Å²) >= 11 is 0. The number of carbonyl (C=O) groups is 2. The molecular weight excluding hydrogens is 378 g/mol. The highest BCUT2D eigenvalue weighted by molar-refractivity contribution is 5.89. The molecule has 0 spiro atoms. The number of nitrogens with one attached hydrogen (secondary N) is 1. The third kappa shape index (κ3) is 7.62. The molecule has 1 amide bonds. The number of hydrogen-bond acceptors (Lipinski definition) is 5. The second kappa shape index (κ2) is 12.3. The molecule has 0 bridgehead atoms. The molecule has 0 aliphatic rings. The normalized spacial score (nSPS) is 13.7. The fourth-order valence-corrected chi connectivity index (χ4v) is 2.97. The summed E-state index contributed by atoms with van der Waals surface area (Å²) < 4.78 is 5.32. The van der Waals surface area contributed by atoms with Gasteiger partial charge in [0.25, 0.3) is 0 Å². The number of pyridine rings is 1. The van der Waals surface area contributed by atoms with Crippen LogP contribution in [0.15, 0.2) is 65.9 Å². The van der Waals surface area contributed by atoms with Crippen molar-refractivity contribution >= 4 is 35.2 Å². The number of aliphatic imine (C=N–C) groups is 1. The Bertz CT molecular complexity index is 921. The van der Waals surface area contributed by atoms with Crippen LogP contribution in [0.3, 0.4) is 0 Å². The molecule has 0 fully saturated rings. The number of rotatable bonds is 11. The smallest absolute Gasteiger partial charge is 0.412 e. The maximum atomic E-state index is 12.1. The molecule has 6 heteroatoms. The molecule has 1 aromatic carbocycles. The molecule has 1 aromatic heterocycles. The molecule has 1 heterocycles. The Labute approximate surface area is 177 Å². The van der Waals surface area contributed by atoms with E-state index in [4.69, 9.17) is 4.74 Å². The summed E-state index contributed by atoms with van der Waals surface area (Å²) in [7, 11) is 0. The molecule has 0 aliphatic carbocycles. The van der Waals surface area contributed by atoms with Gasteiger partial charge in [-0.05, 0) is 43.6 Å². The van der Waals surface area contributed by atoms with Crippen molar-refractivity contribution < 1.29 is 14.3 Å². The van der Waals surface area contributed by atoms with Crippen molar-refractivity contribution in [2.45, 2.75) is 33.1 Å². The van der Waals surface area contributed by atoms with Crippen molar-refractivity contribution in [3.05, 3.63) is 61.0 Å². The van der Waals surface area contributed by atoms with Crippen molar-refractivity contribution in [2.75, 3.05) is 11.9 Å². The largest absolute Gasteiger partial charge is 0.449 e. The first-order chi connectivity index (χ1) is 14.5. The summed E-state index contributed by atoms with van der Waals surface area (Å²) in [6.07, 6.45) is 9.35. The van der Waals surface area contributed by atoms with Gasteiger partial charge in [-0.25, -0.2) is 9.78 Å². The summed E-state index contributed by atoms with van der Waals surface area (Å²) in [6.45, 7) is 7.77. The monoisotopic (exact) mass is 407 g/mol. The van der Waals surface area contributed by atoms with Crippen LogP contribution < -0.4 is 5.32 Å². The molecular formula is C24H29N3O3. The number of benzene rings is 1. The van der Waals surface area contributed by atoms with E-state index in [-0.39, 0.29) is 18.4 Å². The molecule has 2 aromatic rings. The van der Waals surface area contributed by atoms with Gasteiger partial charge in [0.05, 0.1) is 6.61 Å². The Balaban J connectivity index is 1.76. The number of ether oxygens (including phenoxy) is 1. The molecule has 30 heavy (non-hydrogen) atoms. The van der Waals surface area contributed by atoms with E-state index in [1.807, 2.05) is 50.3 Å². The third-order valence-electron chi connectivity index (χ3n) is 4.73. The van der Waals surface area contributed by atoms with Crippen LogP contribution in [0.2, 0.25) is 0 Å². The van der Waals surface area contributed by atoms with Crippen molar-refractivity contribution in [1.82, 2.24) is 4.98 Å². The van der Waals surface area contributed by atoms with Gasteiger partial charge in [-0.3, -0.25) is 10.3 Å². The van der Waals surface area contributed by atoms with E-state index in [9.17, 15) is 9.59 Å². The van der Waals surface area contributed by atoms with Crippen molar-refractivity contribution in [1.29, 1.82) is 0 Å². The van der Waals surface area contributed by atoms with Crippen LogP contribution in [-0.2, 0) is 9.53 Å². The Morgan fingerprint density at radius 2 is 2.07 bits per heavy atom. The number of aldehydes is 1. The van der Waals surface area contributed by atoms with Gasteiger partial charge in [-0.15, -0.1) is 0 Å². The Hall–Kier alpha value is -3.28. The number of anilines is 1. The Morgan fingerprint density at radius 1 is 1.30 bits per heavy atom. The molecule has 0 saturated heterocycles. The number of fused-ring (bicyclic) bond motifs is 1. The Kier molecular flexibility index (Phi) is 9.45. The summed E-state index contributed by atoms with van der Waals surface area (Å²) in [5, 5.41) is 4.66. The predicted octanol–water partition coefficient (Wildman–Crippen LogP) is 5.57. The first-order valence-electron chi connectivity index (χ1n) is 10.1. The fourth-order valence-electron chi connectivity index (χ4n) is 2.97. The Morgan fingerprint density at radius 3 is 2.77 bits per heavy atom. The molecule has 0 aliphatic heterocycles. The van der Waals surface area contributed by atoms with Gasteiger partial charge in [-0.2, -0.15) is 0 Å². The highest BCUT2D eigenvalue weighted by atomic mass is 16.5. The standard InChI is InChI=1S/C24H29N3O3/c1-4-12-25-22(5-2)13-19(16-28)11-10-18(3)17-30-24(29)27-23-14-20-8-6-7-9-21(20)15-26-23/h4-9,12,14-16,18-19H,1,10-11,13,17H2,2-3H3,(H,26,27,29)/b22-5-,25-12?. The number of amides is 1. The molecule has 2 atom stereocenters. The van der Waals surface area contributed by atoms with Crippen LogP contribution in [-0.4, -0.2) is 30.2 Å². The van der Waals surface area contributed by atoms with Gasteiger partial charge in [0.2, 0.25) is 0 Å². The maximum Gasteiger partial charge on any atom is 0.412 e. The average Bonchev–Trinajstić information content (AvgIpc) is 2.77. The summed E-state index contributed by atoms with van der Waals surface area (Å²) in [5.41, 5.74) is 0.859. The molecule has 0 radical (unpaired) electrons. The van der Waals surface area contributed by atoms with Crippen molar-refractivity contribution in [3.8, 4) is 0 Å². The number of carbonyl (C=O) groups excluding carboxylic acids is 2. The lowest BCUT2D eigenvalue weighted by Gasteiger charge is -2.15. The predicted molar refractivity (Wildman–Crippen MR) is 122 cm³/mol. The van der Waals surface area contributed by atoms with Crippen molar-refractivity contribution in [2.24, 2.45) is 16.8 Å². The van der Waals surface area contributed by atoms with E-state index in [1.165, 1.54) is 0 Å². The van der Waals surface area contributed by atoms with Gasteiger partial charge >= 0.3 is 6.09 Å². The van der Waals surface area contributed by atoms with Crippen LogP contribution in [0, 0.1) is 11.8 Å². The van der Waals surface area contributed by atoms with E-state index < -0.39 is 6.09 Å². The van der Waals surface area contributed by atoms with E-state index in [1.54, 1.807) is 18.5 Å². The lowest BCUT2D eigenvalue weighted by molar-refractivity contribution is -0.111. The lowest BCUT2D eigenvalue weighted by atomic mass is 9.94. The number of allylic oxidation sites excluding steroid dienone is 3. The minimum Gasteiger partial charge on any atom is -0.449 e. The van der Waals surface area contributed by atoms with E-state index in [0.717, 1.165) is 29.2 Å². The second-order valence-electron chi connectivity index (χ2n) is 7.22. The number of aromatic nitrogens is 1. The highest BCUT2D eigenvalue weighted by Gasteiger charge is 2.14. The van der Waals surface area contributed by atoms with Crippen molar-refractivity contribution in [3.63, 3.8) is 0 Å². The minimum atomic E-state index is -0.536. The zero-order valence-corrected chi connectivity index (χ0v) is 17.6. The van der Waals surface area contributed by atoms with Crippen LogP contribution in [0.5, 0.6) is 0 Å². The first kappa shape index (κ1) is 23.0. The maximum absolute atomic E-state index is 12.1.